The standard InChI is InChI=1S/C18H28FN/c1-18(2,3)20-13-16(14-8-4-5-9-14)12-15-10-6-7-11-17(15)19/h6-7,10-11,14,16,20H,4-5,8-9,12-13H2,1-3H3. The van der Waals surface area contributed by atoms with E-state index in [-0.39, 0.29) is 11.4 Å². The minimum atomic E-state index is -0.0498. The lowest BCUT2D eigenvalue weighted by molar-refractivity contribution is 0.284. The molecule has 1 aromatic carbocycles. The van der Waals surface area contributed by atoms with Crippen molar-refractivity contribution in [3.8, 4) is 0 Å². The van der Waals surface area contributed by atoms with E-state index >= 15 is 0 Å². The normalized spacial score (nSPS) is 18.4. The Balaban J connectivity index is 2.04. The van der Waals surface area contributed by atoms with Gasteiger partial charge in [-0.05, 0) is 57.2 Å². The number of halogens is 1. The largest absolute Gasteiger partial charge is 0.312 e. The van der Waals surface area contributed by atoms with Gasteiger partial charge in [0.1, 0.15) is 5.82 Å². The maximum Gasteiger partial charge on any atom is 0.126 e. The molecule has 0 amide bonds. The molecule has 0 radical (unpaired) electrons. The van der Waals surface area contributed by atoms with Crippen molar-refractivity contribution >= 4 is 0 Å². The van der Waals surface area contributed by atoms with E-state index < -0.39 is 0 Å². The van der Waals surface area contributed by atoms with Crippen LogP contribution in [0.2, 0.25) is 0 Å². The molecule has 20 heavy (non-hydrogen) atoms. The molecule has 2 rings (SSSR count). The van der Waals surface area contributed by atoms with Gasteiger partial charge in [-0.1, -0.05) is 43.9 Å². The van der Waals surface area contributed by atoms with Crippen LogP contribution in [0.15, 0.2) is 24.3 Å². The van der Waals surface area contributed by atoms with E-state index in [2.05, 4.69) is 26.1 Å². The number of hydrogen-bond donors (Lipinski definition) is 1. The van der Waals surface area contributed by atoms with E-state index in [1.54, 1.807) is 12.1 Å². The van der Waals surface area contributed by atoms with E-state index in [0.717, 1.165) is 24.4 Å². The zero-order chi connectivity index (χ0) is 14.6. The molecule has 1 aliphatic rings. The highest BCUT2D eigenvalue weighted by Gasteiger charge is 2.26. The summed E-state index contributed by atoms with van der Waals surface area (Å²) in [5.74, 6) is 1.25. The number of nitrogens with one attached hydrogen (secondary N) is 1. The van der Waals surface area contributed by atoms with Gasteiger partial charge in [-0.25, -0.2) is 4.39 Å². The number of benzene rings is 1. The Hall–Kier alpha value is -0.890. The Labute approximate surface area is 123 Å². The summed E-state index contributed by atoms with van der Waals surface area (Å²) in [5, 5.41) is 3.62. The van der Waals surface area contributed by atoms with Gasteiger partial charge < -0.3 is 5.32 Å². The second-order valence-electron chi connectivity index (χ2n) is 7.23. The van der Waals surface area contributed by atoms with Crippen LogP contribution in [-0.2, 0) is 6.42 Å². The van der Waals surface area contributed by atoms with E-state index in [1.165, 1.54) is 25.7 Å². The minimum absolute atomic E-state index is 0.0498. The molecule has 1 atom stereocenters. The molecule has 2 heteroatoms. The first kappa shape index (κ1) is 15.5. The van der Waals surface area contributed by atoms with Gasteiger partial charge in [-0.2, -0.15) is 0 Å². The molecule has 1 N–H and O–H groups in total. The third-order valence-electron chi connectivity index (χ3n) is 4.40. The van der Waals surface area contributed by atoms with Crippen LogP contribution < -0.4 is 5.32 Å². The smallest absolute Gasteiger partial charge is 0.126 e. The molecule has 112 valence electrons. The Morgan fingerprint density at radius 3 is 2.45 bits per heavy atom. The lowest BCUT2D eigenvalue weighted by atomic mass is 9.85. The summed E-state index contributed by atoms with van der Waals surface area (Å²) in [6.07, 6.45) is 6.16. The van der Waals surface area contributed by atoms with Gasteiger partial charge in [-0.15, -0.1) is 0 Å². The Kier molecular flexibility index (Phi) is 5.20. The van der Waals surface area contributed by atoms with E-state index in [9.17, 15) is 4.39 Å². The summed E-state index contributed by atoms with van der Waals surface area (Å²) in [6, 6.07) is 7.24. The van der Waals surface area contributed by atoms with Crippen molar-refractivity contribution in [2.45, 2.75) is 58.4 Å². The highest BCUT2D eigenvalue weighted by atomic mass is 19.1. The average molecular weight is 277 g/mol. The van der Waals surface area contributed by atoms with E-state index in [1.807, 2.05) is 12.1 Å². The van der Waals surface area contributed by atoms with Crippen LogP contribution in [0.3, 0.4) is 0 Å². The van der Waals surface area contributed by atoms with Crippen LogP contribution in [0.25, 0.3) is 0 Å². The van der Waals surface area contributed by atoms with Gasteiger partial charge in [0.05, 0.1) is 0 Å². The molecule has 1 aromatic rings. The molecular weight excluding hydrogens is 249 g/mol. The van der Waals surface area contributed by atoms with Crippen LogP contribution in [0.5, 0.6) is 0 Å². The number of hydrogen-bond acceptors (Lipinski definition) is 1. The number of rotatable bonds is 5. The molecular formula is C18H28FN. The van der Waals surface area contributed by atoms with Crippen molar-refractivity contribution in [3.05, 3.63) is 35.6 Å². The maximum atomic E-state index is 13.9. The van der Waals surface area contributed by atoms with Crippen LogP contribution in [-0.4, -0.2) is 12.1 Å². The van der Waals surface area contributed by atoms with Gasteiger partial charge >= 0.3 is 0 Å². The predicted octanol–water partition coefficient (Wildman–Crippen LogP) is 4.56. The first-order valence-electron chi connectivity index (χ1n) is 7.94. The second kappa shape index (κ2) is 6.71. The Morgan fingerprint density at radius 1 is 1.20 bits per heavy atom. The maximum absolute atomic E-state index is 13.9. The zero-order valence-electron chi connectivity index (χ0n) is 13.1. The van der Waals surface area contributed by atoms with Crippen LogP contribution in [0.4, 0.5) is 4.39 Å². The van der Waals surface area contributed by atoms with Crippen LogP contribution >= 0.6 is 0 Å². The monoisotopic (exact) mass is 277 g/mol. The topological polar surface area (TPSA) is 12.0 Å². The van der Waals surface area contributed by atoms with Gasteiger partial charge in [0.25, 0.3) is 0 Å². The predicted molar refractivity (Wildman–Crippen MR) is 83.3 cm³/mol. The second-order valence-corrected chi connectivity index (χ2v) is 7.23. The minimum Gasteiger partial charge on any atom is -0.312 e. The summed E-state index contributed by atoms with van der Waals surface area (Å²) in [4.78, 5) is 0. The quantitative estimate of drug-likeness (QED) is 0.831. The van der Waals surface area contributed by atoms with Crippen LogP contribution in [0, 0.1) is 17.7 Å². The molecule has 0 saturated heterocycles. The molecule has 1 nitrogen and oxygen atoms in total. The fourth-order valence-electron chi connectivity index (χ4n) is 3.22. The molecule has 1 fully saturated rings. The molecule has 0 aromatic heterocycles. The van der Waals surface area contributed by atoms with Gasteiger partial charge in [-0.3, -0.25) is 0 Å². The molecule has 0 aliphatic heterocycles. The lowest BCUT2D eigenvalue weighted by Crippen LogP contribution is -2.41. The van der Waals surface area contributed by atoms with Gasteiger partial charge in [0.15, 0.2) is 0 Å². The van der Waals surface area contributed by atoms with Crippen molar-refractivity contribution in [3.63, 3.8) is 0 Å². The molecule has 1 aliphatic carbocycles. The van der Waals surface area contributed by atoms with Crippen molar-refractivity contribution in [1.82, 2.24) is 5.32 Å². The van der Waals surface area contributed by atoms with Gasteiger partial charge in [0.2, 0.25) is 0 Å². The summed E-state index contributed by atoms with van der Waals surface area (Å²) >= 11 is 0. The Bertz CT molecular complexity index is 416. The summed E-state index contributed by atoms with van der Waals surface area (Å²) in [6.45, 7) is 7.58. The zero-order valence-corrected chi connectivity index (χ0v) is 13.1. The summed E-state index contributed by atoms with van der Waals surface area (Å²) in [7, 11) is 0. The average Bonchev–Trinajstić information content (AvgIpc) is 2.89. The molecule has 1 unspecified atom stereocenters. The molecule has 0 spiro atoms. The third kappa shape index (κ3) is 4.59. The Morgan fingerprint density at radius 2 is 1.85 bits per heavy atom. The third-order valence-corrected chi connectivity index (χ3v) is 4.40. The van der Waals surface area contributed by atoms with Crippen molar-refractivity contribution in [1.29, 1.82) is 0 Å². The summed E-state index contributed by atoms with van der Waals surface area (Å²) in [5.41, 5.74) is 1.01. The highest BCUT2D eigenvalue weighted by Crippen LogP contribution is 2.33. The molecule has 1 saturated carbocycles. The van der Waals surface area contributed by atoms with Gasteiger partial charge in [0, 0.05) is 5.54 Å². The first-order chi connectivity index (χ1) is 9.46. The molecule has 0 heterocycles. The van der Waals surface area contributed by atoms with E-state index in [4.69, 9.17) is 0 Å². The fourth-order valence-corrected chi connectivity index (χ4v) is 3.22. The van der Waals surface area contributed by atoms with Crippen LogP contribution in [0.1, 0.15) is 52.0 Å². The van der Waals surface area contributed by atoms with E-state index in [0.29, 0.717) is 5.92 Å². The summed E-state index contributed by atoms with van der Waals surface area (Å²) < 4.78 is 13.9. The van der Waals surface area contributed by atoms with Crippen molar-refractivity contribution in [2.75, 3.05) is 6.54 Å². The highest BCUT2D eigenvalue weighted by molar-refractivity contribution is 5.18. The first-order valence-corrected chi connectivity index (χ1v) is 7.94. The lowest BCUT2D eigenvalue weighted by Gasteiger charge is -2.29. The fraction of sp³-hybridized carbons (Fsp3) is 0.667. The SMILES string of the molecule is CC(C)(C)NCC(Cc1ccccc1F)C1CCCC1. The molecule has 0 bridgehead atoms. The van der Waals surface area contributed by atoms with Crippen molar-refractivity contribution in [2.24, 2.45) is 11.8 Å². The van der Waals surface area contributed by atoms with Crippen molar-refractivity contribution < 1.29 is 4.39 Å².